The van der Waals surface area contributed by atoms with Gasteiger partial charge in [-0.15, -0.1) is 15.3 Å². The summed E-state index contributed by atoms with van der Waals surface area (Å²) < 4.78 is 3.59. The molecular weight excluding hydrogens is 224 g/mol. The van der Waals surface area contributed by atoms with Crippen LogP contribution in [0.3, 0.4) is 0 Å². The van der Waals surface area contributed by atoms with Gasteiger partial charge in [0.2, 0.25) is 10.1 Å². The van der Waals surface area contributed by atoms with E-state index in [4.69, 9.17) is 5.73 Å². The summed E-state index contributed by atoms with van der Waals surface area (Å²) in [5.74, 6) is -0.356. The molecule has 0 atom stereocenters. The molecule has 0 saturated carbocycles. The second kappa shape index (κ2) is 3.64. The lowest BCUT2D eigenvalue weighted by molar-refractivity contribution is 0.102. The SMILES string of the molecule is Nc1nnc(C(=O)Nc2cnns2)s1. The van der Waals surface area contributed by atoms with Crippen molar-refractivity contribution in [3.8, 4) is 0 Å². The van der Waals surface area contributed by atoms with E-state index in [0.29, 0.717) is 5.00 Å². The zero-order valence-electron chi connectivity index (χ0n) is 6.67. The van der Waals surface area contributed by atoms with Gasteiger partial charge >= 0.3 is 0 Å². The first-order valence-corrected chi connectivity index (χ1v) is 5.02. The highest BCUT2D eigenvalue weighted by atomic mass is 32.1. The molecule has 0 bridgehead atoms. The van der Waals surface area contributed by atoms with Gasteiger partial charge in [0.1, 0.15) is 5.00 Å². The lowest BCUT2D eigenvalue weighted by atomic mass is 10.6. The molecular formula is C5H4N6OS2. The average molecular weight is 228 g/mol. The molecule has 0 spiro atoms. The van der Waals surface area contributed by atoms with Crippen molar-refractivity contribution >= 4 is 38.9 Å². The Morgan fingerprint density at radius 1 is 1.50 bits per heavy atom. The number of nitrogen functional groups attached to an aromatic ring is 1. The zero-order valence-corrected chi connectivity index (χ0v) is 8.30. The summed E-state index contributed by atoms with van der Waals surface area (Å²) in [7, 11) is 0. The van der Waals surface area contributed by atoms with Crippen molar-refractivity contribution in [3.63, 3.8) is 0 Å². The number of nitrogens with two attached hydrogens (primary N) is 1. The highest BCUT2D eigenvalue weighted by Crippen LogP contribution is 2.15. The van der Waals surface area contributed by atoms with Crippen LogP contribution in [-0.2, 0) is 0 Å². The molecule has 9 heteroatoms. The highest BCUT2D eigenvalue weighted by Gasteiger charge is 2.12. The Bertz CT molecular complexity index is 437. The number of nitrogens with zero attached hydrogens (tertiary/aromatic N) is 4. The second-order valence-corrected chi connectivity index (χ2v) is 3.98. The predicted molar refractivity (Wildman–Crippen MR) is 52.2 cm³/mol. The minimum Gasteiger partial charge on any atom is -0.374 e. The molecule has 2 aromatic heterocycles. The fraction of sp³-hybridized carbons (Fsp3) is 0. The predicted octanol–water partition coefficient (Wildman–Crippen LogP) is 0.224. The lowest BCUT2D eigenvalue weighted by Gasteiger charge is -1.94. The first-order chi connectivity index (χ1) is 6.75. The molecule has 2 rings (SSSR count). The van der Waals surface area contributed by atoms with Gasteiger partial charge in [-0.25, -0.2) is 0 Å². The molecule has 3 N–H and O–H groups in total. The van der Waals surface area contributed by atoms with E-state index in [1.807, 2.05) is 0 Å². The normalized spacial score (nSPS) is 10.0. The number of nitrogens with one attached hydrogen (secondary N) is 1. The fourth-order valence-corrected chi connectivity index (χ4v) is 1.63. The van der Waals surface area contributed by atoms with Crippen LogP contribution in [0.15, 0.2) is 6.20 Å². The summed E-state index contributed by atoms with van der Waals surface area (Å²) in [6, 6.07) is 0. The van der Waals surface area contributed by atoms with Gasteiger partial charge in [-0.05, 0) is 0 Å². The Kier molecular flexibility index (Phi) is 2.33. The van der Waals surface area contributed by atoms with E-state index in [0.717, 1.165) is 22.9 Å². The first kappa shape index (κ1) is 8.97. The van der Waals surface area contributed by atoms with Crippen molar-refractivity contribution in [2.24, 2.45) is 0 Å². The molecule has 72 valence electrons. The van der Waals surface area contributed by atoms with Gasteiger partial charge in [0.05, 0.1) is 6.20 Å². The minimum atomic E-state index is -0.356. The van der Waals surface area contributed by atoms with Gasteiger partial charge in [-0.1, -0.05) is 15.8 Å². The van der Waals surface area contributed by atoms with Crippen LogP contribution in [0.4, 0.5) is 10.1 Å². The number of aromatic nitrogens is 4. The van der Waals surface area contributed by atoms with Gasteiger partial charge in [0, 0.05) is 11.5 Å². The van der Waals surface area contributed by atoms with Crippen LogP contribution in [-0.4, -0.2) is 25.7 Å². The van der Waals surface area contributed by atoms with Crippen LogP contribution in [0.1, 0.15) is 9.80 Å². The summed E-state index contributed by atoms with van der Waals surface area (Å²) in [6.45, 7) is 0. The van der Waals surface area contributed by atoms with E-state index in [9.17, 15) is 4.79 Å². The van der Waals surface area contributed by atoms with Gasteiger partial charge in [0.25, 0.3) is 5.91 Å². The Labute approximate surface area is 86.1 Å². The quantitative estimate of drug-likeness (QED) is 0.761. The zero-order chi connectivity index (χ0) is 9.97. The molecule has 0 aliphatic carbocycles. The minimum absolute atomic E-state index is 0.218. The standard InChI is InChI=1S/C5H4N6OS2/c6-5-10-9-4(13-5)3(12)8-2-1-7-11-14-2/h1H,(H2,6,10)(H,8,12). The van der Waals surface area contributed by atoms with Crippen molar-refractivity contribution in [3.05, 3.63) is 11.2 Å². The van der Waals surface area contributed by atoms with Crippen molar-refractivity contribution in [2.75, 3.05) is 11.1 Å². The van der Waals surface area contributed by atoms with E-state index in [1.54, 1.807) is 0 Å². The molecule has 0 aromatic carbocycles. The third-order valence-electron chi connectivity index (χ3n) is 1.23. The van der Waals surface area contributed by atoms with Gasteiger partial charge in [0.15, 0.2) is 0 Å². The van der Waals surface area contributed by atoms with Crippen molar-refractivity contribution in [1.29, 1.82) is 0 Å². The smallest absolute Gasteiger partial charge is 0.287 e. The summed E-state index contributed by atoms with van der Waals surface area (Å²) >= 11 is 2.11. The number of rotatable bonds is 2. The summed E-state index contributed by atoms with van der Waals surface area (Å²) in [5, 5.41) is 14.3. The first-order valence-electron chi connectivity index (χ1n) is 3.43. The van der Waals surface area contributed by atoms with Gasteiger partial charge in [-0.2, -0.15) is 0 Å². The average Bonchev–Trinajstić information content (AvgIpc) is 2.75. The van der Waals surface area contributed by atoms with Crippen LogP contribution in [0.2, 0.25) is 0 Å². The maximum Gasteiger partial charge on any atom is 0.287 e. The molecule has 0 aliphatic rings. The van der Waals surface area contributed by atoms with Crippen molar-refractivity contribution in [2.45, 2.75) is 0 Å². The highest BCUT2D eigenvalue weighted by molar-refractivity contribution is 7.17. The van der Waals surface area contributed by atoms with Crippen LogP contribution < -0.4 is 11.1 Å². The van der Waals surface area contributed by atoms with E-state index < -0.39 is 0 Å². The molecule has 7 nitrogen and oxygen atoms in total. The van der Waals surface area contributed by atoms with Crippen LogP contribution in [0.25, 0.3) is 0 Å². The van der Waals surface area contributed by atoms with Crippen LogP contribution in [0, 0.1) is 0 Å². The van der Waals surface area contributed by atoms with E-state index in [2.05, 4.69) is 25.1 Å². The molecule has 14 heavy (non-hydrogen) atoms. The Hall–Kier alpha value is -1.61. The molecule has 0 saturated heterocycles. The van der Waals surface area contributed by atoms with Crippen LogP contribution in [0.5, 0.6) is 0 Å². The maximum absolute atomic E-state index is 11.4. The Morgan fingerprint density at radius 3 is 2.93 bits per heavy atom. The molecule has 0 unspecified atom stereocenters. The summed E-state index contributed by atoms with van der Waals surface area (Å²) in [5.41, 5.74) is 5.33. The lowest BCUT2D eigenvalue weighted by Crippen LogP contribution is -2.10. The number of amides is 1. The number of hydrogen-bond acceptors (Lipinski definition) is 8. The maximum atomic E-state index is 11.4. The Balaban J connectivity index is 2.10. The topological polar surface area (TPSA) is 107 Å². The largest absolute Gasteiger partial charge is 0.374 e. The van der Waals surface area contributed by atoms with Gasteiger partial charge in [-0.3, -0.25) is 4.79 Å². The third-order valence-corrected chi connectivity index (χ3v) is 2.56. The monoisotopic (exact) mass is 228 g/mol. The molecule has 0 radical (unpaired) electrons. The van der Waals surface area contributed by atoms with E-state index >= 15 is 0 Å². The molecule has 0 fully saturated rings. The molecule has 1 amide bonds. The number of carbonyl (C=O) groups excluding carboxylic acids is 1. The summed E-state index contributed by atoms with van der Waals surface area (Å²) in [6.07, 6.45) is 1.45. The summed E-state index contributed by atoms with van der Waals surface area (Å²) in [4.78, 5) is 11.4. The number of carbonyl (C=O) groups is 1. The van der Waals surface area contributed by atoms with Crippen molar-refractivity contribution in [1.82, 2.24) is 19.8 Å². The van der Waals surface area contributed by atoms with E-state index in [1.165, 1.54) is 6.20 Å². The third kappa shape index (κ3) is 1.83. The number of anilines is 2. The second-order valence-electron chi connectivity index (χ2n) is 2.18. The van der Waals surface area contributed by atoms with E-state index in [-0.39, 0.29) is 16.0 Å². The van der Waals surface area contributed by atoms with Crippen molar-refractivity contribution < 1.29 is 4.79 Å². The molecule has 2 heterocycles. The molecule has 2 aromatic rings. The Morgan fingerprint density at radius 2 is 2.36 bits per heavy atom. The van der Waals surface area contributed by atoms with Gasteiger partial charge < -0.3 is 11.1 Å². The number of hydrogen-bond donors (Lipinski definition) is 2. The fourth-order valence-electron chi connectivity index (χ4n) is 0.714. The molecule has 0 aliphatic heterocycles. The van der Waals surface area contributed by atoms with Crippen LogP contribution >= 0.6 is 22.9 Å².